The van der Waals surface area contributed by atoms with Crippen molar-refractivity contribution in [1.29, 1.82) is 0 Å². The molecule has 2 rings (SSSR count). The summed E-state index contributed by atoms with van der Waals surface area (Å²) < 4.78 is 17.0. The predicted molar refractivity (Wildman–Crippen MR) is 86.4 cm³/mol. The zero-order valence-electron chi connectivity index (χ0n) is 13.9. The Labute approximate surface area is 132 Å². The van der Waals surface area contributed by atoms with Crippen molar-refractivity contribution >= 4 is 18.5 Å². The maximum absolute atomic E-state index is 12.3. The van der Waals surface area contributed by atoms with E-state index in [-0.39, 0.29) is 5.91 Å². The summed E-state index contributed by atoms with van der Waals surface area (Å²) in [6, 6.07) is 7.36. The average Bonchev–Trinajstić information content (AvgIpc) is 2.67. The number of amides is 1. The van der Waals surface area contributed by atoms with Crippen LogP contribution < -0.4 is 10.8 Å². The van der Waals surface area contributed by atoms with Crippen LogP contribution in [0, 0.1) is 0 Å². The largest absolute Gasteiger partial charge is 0.495 e. The second-order valence-corrected chi connectivity index (χ2v) is 6.42. The Bertz CT molecular complexity index is 529. The van der Waals surface area contributed by atoms with Gasteiger partial charge in [0.1, 0.15) is 0 Å². The Morgan fingerprint density at radius 3 is 2.36 bits per heavy atom. The van der Waals surface area contributed by atoms with Crippen molar-refractivity contribution < 1.29 is 18.8 Å². The maximum atomic E-state index is 12.3. The summed E-state index contributed by atoms with van der Waals surface area (Å²) >= 11 is 0. The molecule has 6 heteroatoms. The number of hydrogen-bond acceptors (Lipinski definition) is 4. The molecule has 0 unspecified atom stereocenters. The van der Waals surface area contributed by atoms with Crippen LogP contribution in [0.15, 0.2) is 24.3 Å². The second kappa shape index (κ2) is 6.40. The topological polar surface area (TPSA) is 56.8 Å². The fourth-order valence-electron chi connectivity index (χ4n) is 2.24. The van der Waals surface area contributed by atoms with Gasteiger partial charge in [0.2, 0.25) is 0 Å². The van der Waals surface area contributed by atoms with Gasteiger partial charge in [-0.1, -0.05) is 18.2 Å². The first-order valence-corrected chi connectivity index (χ1v) is 7.50. The van der Waals surface area contributed by atoms with Crippen molar-refractivity contribution in [1.82, 2.24) is 5.32 Å². The lowest BCUT2D eigenvalue weighted by Gasteiger charge is -2.32. The summed E-state index contributed by atoms with van der Waals surface area (Å²) in [5.74, 6) is -0.151. The molecular formula is C16H24BNO4. The molecule has 1 aliphatic rings. The lowest BCUT2D eigenvalue weighted by atomic mass is 9.75. The number of rotatable bonds is 5. The summed E-state index contributed by atoms with van der Waals surface area (Å²) in [7, 11) is 1.05. The minimum atomic E-state index is -0.547. The van der Waals surface area contributed by atoms with Gasteiger partial charge in [-0.25, -0.2) is 0 Å². The number of hydrogen-bond donors (Lipinski definition) is 1. The van der Waals surface area contributed by atoms with Gasteiger partial charge in [-0.15, -0.1) is 0 Å². The molecule has 0 atom stereocenters. The van der Waals surface area contributed by atoms with Crippen molar-refractivity contribution in [3.8, 4) is 0 Å². The summed E-state index contributed by atoms with van der Waals surface area (Å²) in [4.78, 5) is 12.3. The molecule has 5 nitrogen and oxygen atoms in total. The number of methoxy groups -OCH3 is 1. The van der Waals surface area contributed by atoms with Gasteiger partial charge in [0.25, 0.3) is 5.91 Å². The Balaban J connectivity index is 2.21. The first-order valence-electron chi connectivity index (χ1n) is 7.50. The highest BCUT2D eigenvalue weighted by Gasteiger charge is 2.52. The standard InChI is InChI=1S/C16H24BNO4/c1-15(2)16(3,4)22-17(21-15)13-9-7-6-8-12(13)14(19)18-10-11-20-5/h6-9H,10-11H2,1-5H3,(H,18,19). The molecule has 1 aliphatic heterocycles. The lowest BCUT2D eigenvalue weighted by molar-refractivity contribution is 0.00578. The van der Waals surface area contributed by atoms with Gasteiger partial charge in [-0.05, 0) is 39.2 Å². The normalized spacial score (nSPS) is 19.2. The van der Waals surface area contributed by atoms with Gasteiger partial charge in [-0.2, -0.15) is 0 Å². The highest BCUT2D eigenvalue weighted by Crippen LogP contribution is 2.36. The lowest BCUT2D eigenvalue weighted by Crippen LogP contribution is -2.41. The molecule has 1 aromatic rings. The second-order valence-electron chi connectivity index (χ2n) is 6.42. The van der Waals surface area contributed by atoms with E-state index in [1.54, 1.807) is 13.2 Å². The van der Waals surface area contributed by atoms with Crippen LogP contribution in [-0.4, -0.2) is 44.5 Å². The van der Waals surface area contributed by atoms with E-state index in [4.69, 9.17) is 14.0 Å². The van der Waals surface area contributed by atoms with Crippen LogP contribution in [0.1, 0.15) is 38.1 Å². The van der Waals surface area contributed by atoms with Crippen LogP contribution in [0.5, 0.6) is 0 Å². The van der Waals surface area contributed by atoms with E-state index in [9.17, 15) is 4.79 Å². The van der Waals surface area contributed by atoms with Crippen LogP contribution in [0.25, 0.3) is 0 Å². The smallest absolute Gasteiger partial charge is 0.399 e. The van der Waals surface area contributed by atoms with E-state index in [0.717, 1.165) is 5.46 Å². The van der Waals surface area contributed by atoms with E-state index >= 15 is 0 Å². The number of nitrogens with one attached hydrogen (secondary N) is 1. The zero-order valence-corrected chi connectivity index (χ0v) is 13.9. The summed E-state index contributed by atoms with van der Waals surface area (Å²) in [6.07, 6.45) is 0. The summed E-state index contributed by atoms with van der Waals surface area (Å²) in [5, 5.41) is 2.83. The zero-order chi connectivity index (χ0) is 16.4. The molecule has 1 heterocycles. The molecule has 120 valence electrons. The monoisotopic (exact) mass is 305 g/mol. The van der Waals surface area contributed by atoms with Crippen molar-refractivity contribution in [2.45, 2.75) is 38.9 Å². The maximum Gasteiger partial charge on any atom is 0.495 e. The highest BCUT2D eigenvalue weighted by atomic mass is 16.7. The molecular weight excluding hydrogens is 281 g/mol. The third-order valence-electron chi connectivity index (χ3n) is 4.30. The predicted octanol–water partition coefficient (Wildman–Crippen LogP) is 1.36. The van der Waals surface area contributed by atoms with Crippen LogP contribution in [-0.2, 0) is 14.0 Å². The Morgan fingerprint density at radius 1 is 1.18 bits per heavy atom. The average molecular weight is 305 g/mol. The fraction of sp³-hybridized carbons (Fsp3) is 0.562. The van der Waals surface area contributed by atoms with Crippen molar-refractivity contribution in [3.63, 3.8) is 0 Å². The summed E-state index contributed by atoms with van der Waals surface area (Å²) in [5.41, 5.74) is 0.447. The molecule has 0 aliphatic carbocycles. The van der Waals surface area contributed by atoms with E-state index in [1.165, 1.54) is 0 Å². The molecule has 0 spiro atoms. The highest BCUT2D eigenvalue weighted by molar-refractivity contribution is 6.63. The quantitative estimate of drug-likeness (QED) is 0.659. The van der Waals surface area contributed by atoms with E-state index < -0.39 is 18.3 Å². The third kappa shape index (κ3) is 3.34. The van der Waals surface area contributed by atoms with Gasteiger partial charge in [0.05, 0.1) is 17.8 Å². The van der Waals surface area contributed by atoms with Gasteiger partial charge in [0, 0.05) is 19.2 Å². The van der Waals surface area contributed by atoms with Crippen molar-refractivity contribution in [2.75, 3.05) is 20.3 Å². The summed E-state index contributed by atoms with van der Waals surface area (Å²) in [6.45, 7) is 8.92. The van der Waals surface area contributed by atoms with E-state index in [2.05, 4.69) is 5.32 Å². The first-order chi connectivity index (χ1) is 10.3. The van der Waals surface area contributed by atoms with E-state index in [0.29, 0.717) is 18.7 Å². The third-order valence-corrected chi connectivity index (χ3v) is 4.30. The Kier molecular flexibility index (Phi) is 4.95. The Hall–Kier alpha value is -1.37. The number of carbonyl (C=O) groups excluding carboxylic acids is 1. The molecule has 0 bridgehead atoms. The minimum absolute atomic E-state index is 0.151. The van der Waals surface area contributed by atoms with Crippen LogP contribution in [0.4, 0.5) is 0 Å². The molecule has 0 aromatic heterocycles. The van der Waals surface area contributed by atoms with Gasteiger partial charge < -0.3 is 19.4 Å². The molecule has 1 fully saturated rings. The number of benzene rings is 1. The number of carbonyl (C=O) groups is 1. The molecule has 0 saturated carbocycles. The SMILES string of the molecule is COCCNC(=O)c1ccccc1B1OC(C)(C)C(C)(C)O1. The van der Waals surface area contributed by atoms with Gasteiger partial charge >= 0.3 is 7.12 Å². The van der Waals surface area contributed by atoms with E-state index in [1.807, 2.05) is 45.9 Å². The minimum Gasteiger partial charge on any atom is -0.399 e. The molecule has 1 amide bonds. The van der Waals surface area contributed by atoms with Crippen molar-refractivity contribution in [3.05, 3.63) is 29.8 Å². The van der Waals surface area contributed by atoms with Crippen LogP contribution in [0.2, 0.25) is 0 Å². The van der Waals surface area contributed by atoms with Crippen molar-refractivity contribution in [2.24, 2.45) is 0 Å². The number of ether oxygens (including phenoxy) is 1. The fourth-order valence-corrected chi connectivity index (χ4v) is 2.24. The van der Waals surface area contributed by atoms with Gasteiger partial charge in [-0.3, -0.25) is 4.79 Å². The molecule has 22 heavy (non-hydrogen) atoms. The van der Waals surface area contributed by atoms with Gasteiger partial charge in [0.15, 0.2) is 0 Å². The van der Waals surface area contributed by atoms with Crippen LogP contribution in [0.3, 0.4) is 0 Å². The van der Waals surface area contributed by atoms with Crippen LogP contribution >= 0.6 is 0 Å². The Morgan fingerprint density at radius 2 is 1.77 bits per heavy atom. The molecule has 1 saturated heterocycles. The molecule has 1 N–H and O–H groups in total. The molecule has 1 aromatic carbocycles. The molecule has 0 radical (unpaired) electrons. The first kappa shape index (κ1) is 17.0.